The first-order valence-corrected chi connectivity index (χ1v) is 9.11. The normalized spacial score (nSPS) is 18.1. The van der Waals surface area contributed by atoms with Gasteiger partial charge >= 0.3 is 0 Å². The number of aromatic nitrogens is 1. The molecule has 1 amide bonds. The lowest BCUT2D eigenvalue weighted by Crippen LogP contribution is -2.33. The first-order valence-electron chi connectivity index (χ1n) is 9.11. The number of hydrogen-bond donors (Lipinski definition) is 1. The first-order chi connectivity index (χ1) is 12.1. The lowest BCUT2D eigenvalue weighted by molar-refractivity contribution is 0.0950. The first kappa shape index (κ1) is 17.6. The smallest absolute Gasteiger partial charge is 0.253 e. The Hall–Kier alpha value is -2.20. The van der Waals surface area contributed by atoms with E-state index in [2.05, 4.69) is 46.4 Å². The van der Waals surface area contributed by atoms with E-state index in [0.29, 0.717) is 12.1 Å². The molecule has 0 bridgehead atoms. The molecule has 1 N–H and O–H groups in total. The highest BCUT2D eigenvalue weighted by atomic mass is 16.1. The number of benzene rings is 1. The Morgan fingerprint density at radius 3 is 2.64 bits per heavy atom. The number of nitrogens with zero attached hydrogens (tertiary/aromatic N) is 2. The monoisotopic (exact) mass is 337 g/mol. The van der Waals surface area contributed by atoms with Crippen molar-refractivity contribution in [2.75, 3.05) is 13.1 Å². The molecule has 1 aliphatic rings. The second-order valence-corrected chi connectivity index (χ2v) is 7.17. The molecule has 2 heterocycles. The van der Waals surface area contributed by atoms with Crippen LogP contribution in [0.15, 0.2) is 42.6 Å². The Morgan fingerprint density at radius 1 is 1.20 bits per heavy atom. The van der Waals surface area contributed by atoms with E-state index in [-0.39, 0.29) is 5.91 Å². The molecule has 1 aromatic carbocycles. The highest BCUT2D eigenvalue weighted by Crippen LogP contribution is 2.18. The van der Waals surface area contributed by atoms with Crippen molar-refractivity contribution in [1.82, 2.24) is 15.2 Å². The second-order valence-electron chi connectivity index (χ2n) is 7.17. The highest BCUT2D eigenvalue weighted by molar-refractivity contribution is 5.93. The van der Waals surface area contributed by atoms with Gasteiger partial charge in [0.05, 0.1) is 5.56 Å². The predicted molar refractivity (Wildman–Crippen MR) is 100 cm³/mol. The molecule has 4 nitrogen and oxygen atoms in total. The van der Waals surface area contributed by atoms with Crippen molar-refractivity contribution in [2.24, 2.45) is 5.92 Å². The van der Waals surface area contributed by atoms with Gasteiger partial charge in [0, 0.05) is 31.5 Å². The number of carbonyl (C=O) groups is 1. The number of pyridine rings is 1. The molecule has 0 aliphatic carbocycles. The average molecular weight is 337 g/mol. The van der Waals surface area contributed by atoms with E-state index in [0.717, 1.165) is 23.7 Å². The van der Waals surface area contributed by atoms with Crippen molar-refractivity contribution in [1.29, 1.82) is 0 Å². The molecule has 2 aromatic rings. The number of piperidine rings is 1. The van der Waals surface area contributed by atoms with E-state index in [9.17, 15) is 4.79 Å². The van der Waals surface area contributed by atoms with Crippen LogP contribution in [-0.4, -0.2) is 28.9 Å². The Bertz CT molecular complexity index is 694. The molecular formula is C21H27N3O. The van der Waals surface area contributed by atoms with E-state index < -0.39 is 0 Å². The minimum Gasteiger partial charge on any atom is -0.348 e. The third-order valence-corrected chi connectivity index (χ3v) is 4.80. The lowest BCUT2D eigenvalue weighted by atomic mass is 9.99. The fourth-order valence-electron chi connectivity index (χ4n) is 3.34. The number of aryl methyl sites for hydroxylation is 1. The van der Waals surface area contributed by atoms with Gasteiger partial charge in [-0.05, 0) is 55.5 Å². The van der Waals surface area contributed by atoms with Gasteiger partial charge in [-0.15, -0.1) is 0 Å². The SMILES string of the molecule is Cc1ccc(C(=O)NCc2ccc(CN3CCCC(C)C3)cc2)cn1. The molecule has 25 heavy (non-hydrogen) atoms. The standard InChI is InChI=1S/C21H27N3O/c1-16-4-3-11-24(14-16)15-19-8-6-18(7-9-19)12-23-21(25)20-10-5-17(2)22-13-20/h5-10,13,16H,3-4,11-12,14-15H2,1-2H3,(H,23,25). The largest absolute Gasteiger partial charge is 0.348 e. The molecular weight excluding hydrogens is 310 g/mol. The van der Waals surface area contributed by atoms with Crippen LogP contribution in [0.4, 0.5) is 0 Å². The van der Waals surface area contributed by atoms with Crippen LogP contribution >= 0.6 is 0 Å². The predicted octanol–water partition coefficient (Wildman–Crippen LogP) is 3.55. The zero-order chi connectivity index (χ0) is 17.6. The third-order valence-electron chi connectivity index (χ3n) is 4.80. The summed E-state index contributed by atoms with van der Waals surface area (Å²) in [5.74, 6) is 0.721. The van der Waals surface area contributed by atoms with Gasteiger partial charge < -0.3 is 5.32 Å². The molecule has 4 heteroatoms. The Kier molecular flexibility index (Phi) is 5.82. The molecule has 1 atom stereocenters. The van der Waals surface area contributed by atoms with Crippen molar-refractivity contribution in [3.8, 4) is 0 Å². The molecule has 1 saturated heterocycles. The van der Waals surface area contributed by atoms with Crippen LogP contribution in [0.1, 0.15) is 46.9 Å². The highest BCUT2D eigenvalue weighted by Gasteiger charge is 2.16. The maximum absolute atomic E-state index is 12.1. The molecule has 1 aliphatic heterocycles. The maximum Gasteiger partial charge on any atom is 0.253 e. The van der Waals surface area contributed by atoms with Crippen molar-refractivity contribution in [3.05, 3.63) is 65.0 Å². The summed E-state index contributed by atoms with van der Waals surface area (Å²) >= 11 is 0. The summed E-state index contributed by atoms with van der Waals surface area (Å²) in [6.45, 7) is 8.20. The van der Waals surface area contributed by atoms with Crippen molar-refractivity contribution < 1.29 is 4.79 Å². The Balaban J connectivity index is 1.50. The minimum absolute atomic E-state index is 0.0844. The van der Waals surface area contributed by atoms with Gasteiger partial charge in [-0.25, -0.2) is 0 Å². The topological polar surface area (TPSA) is 45.2 Å². The fourth-order valence-corrected chi connectivity index (χ4v) is 3.34. The molecule has 1 fully saturated rings. The van der Waals surface area contributed by atoms with Gasteiger partial charge in [0.25, 0.3) is 5.91 Å². The van der Waals surface area contributed by atoms with Gasteiger partial charge in [0.1, 0.15) is 0 Å². The fraction of sp³-hybridized carbons (Fsp3) is 0.429. The number of hydrogen-bond acceptors (Lipinski definition) is 3. The van der Waals surface area contributed by atoms with Gasteiger partial charge in [0.2, 0.25) is 0 Å². The number of rotatable bonds is 5. The van der Waals surface area contributed by atoms with Gasteiger partial charge in [0.15, 0.2) is 0 Å². The van der Waals surface area contributed by atoms with Crippen LogP contribution in [0.2, 0.25) is 0 Å². The summed E-state index contributed by atoms with van der Waals surface area (Å²) in [4.78, 5) is 18.8. The minimum atomic E-state index is -0.0844. The number of likely N-dealkylation sites (tertiary alicyclic amines) is 1. The lowest BCUT2D eigenvalue weighted by Gasteiger charge is -2.30. The zero-order valence-electron chi connectivity index (χ0n) is 15.2. The van der Waals surface area contributed by atoms with Crippen LogP contribution in [0.25, 0.3) is 0 Å². The van der Waals surface area contributed by atoms with E-state index in [4.69, 9.17) is 0 Å². The third kappa shape index (κ3) is 5.13. The average Bonchev–Trinajstić information content (AvgIpc) is 2.61. The van der Waals surface area contributed by atoms with Gasteiger partial charge in [-0.2, -0.15) is 0 Å². The van der Waals surface area contributed by atoms with Crippen molar-refractivity contribution in [3.63, 3.8) is 0 Å². The molecule has 1 aromatic heterocycles. The zero-order valence-corrected chi connectivity index (χ0v) is 15.2. The van der Waals surface area contributed by atoms with Crippen LogP contribution in [0.3, 0.4) is 0 Å². The van der Waals surface area contributed by atoms with Crippen molar-refractivity contribution >= 4 is 5.91 Å². The number of nitrogens with one attached hydrogen (secondary N) is 1. The second kappa shape index (κ2) is 8.26. The van der Waals surface area contributed by atoms with Gasteiger partial charge in [-0.1, -0.05) is 31.2 Å². The van der Waals surface area contributed by atoms with Crippen LogP contribution in [0, 0.1) is 12.8 Å². The summed E-state index contributed by atoms with van der Waals surface area (Å²) in [7, 11) is 0. The number of carbonyl (C=O) groups excluding carboxylic acids is 1. The molecule has 0 radical (unpaired) electrons. The molecule has 1 unspecified atom stereocenters. The molecule has 132 valence electrons. The van der Waals surface area contributed by atoms with Crippen molar-refractivity contribution in [2.45, 2.75) is 39.8 Å². The maximum atomic E-state index is 12.1. The summed E-state index contributed by atoms with van der Waals surface area (Å²) in [5, 5.41) is 2.95. The summed E-state index contributed by atoms with van der Waals surface area (Å²) in [6, 6.07) is 12.2. The molecule has 0 saturated carbocycles. The summed E-state index contributed by atoms with van der Waals surface area (Å²) in [6.07, 6.45) is 4.28. The van der Waals surface area contributed by atoms with E-state index >= 15 is 0 Å². The van der Waals surface area contributed by atoms with E-state index in [1.807, 2.05) is 13.0 Å². The Morgan fingerprint density at radius 2 is 1.96 bits per heavy atom. The van der Waals surface area contributed by atoms with Crippen LogP contribution in [-0.2, 0) is 13.1 Å². The van der Waals surface area contributed by atoms with Crippen LogP contribution < -0.4 is 5.32 Å². The van der Waals surface area contributed by atoms with E-state index in [1.165, 1.54) is 31.5 Å². The van der Waals surface area contributed by atoms with Gasteiger partial charge in [-0.3, -0.25) is 14.7 Å². The summed E-state index contributed by atoms with van der Waals surface area (Å²) in [5.41, 5.74) is 3.97. The Labute approximate surface area is 150 Å². The quantitative estimate of drug-likeness (QED) is 0.907. The molecule has 0 spiro atoms. The van der Waals surface area contributed by atoms with E-state index in [1.54, 1.807) is 12.3 Å². The number of amides is 1. The molecule has 3 rings (SSSR count). The van der Waals surface area contributed by atoms with Crippen LogP contribution in [0.5, 0.6) is 0 Å². The summed E-state index contributed by atoms with van der Waals surface area (Å²) < 4.78 is 0.